The van der Waals surface area contributed by atoms with Crippen molar-refractivity contribution in [3.8, 4) is 22.1 Å². The van der Waals surface area contributed by atoms with E-state index in [0.29, 0.717) is 15.9 Å². The molecule has 29 heavy (non-hydrogen) atoms. The van der Waals surface area contributed by atoms with Gasteiger partial charge in [0.2, 0.25) is 5.13 Å². The van der Waals surface area contributed by atoms with Crippen LogP contribution in [0.5, 0.6) is 11.5 Å². The average molecular weight is 412 g/mol. The van der Waals surface area contributed by atoms with E-state index in [4.69, 9.17) is 9.47 Å². The second kappa shape index (κ2) is 8.61. The summed E-state index contributed by atoms with van der Waals surface area (Å²) in [6.45, 7) is 8.17. The lowest BCUT2D eigenvalue weighted by Gasteiger charge is -2.20. The highest BCUT2D eigenvalue weighted by molar-refractivity contribution is 7.18. The molecule has 7 heteroatoms. The lowest BCUT2D eigenvalue weighted by molar-refractivity contribution is -0.122. The Hall–Kier alpha value is -2.93. The molecule has 6 nitrogen and oxygen atoms in total. The van der Waals surface area contributed by atoms with Crippen molar-refractivity contribution in [2.75, 3.05) is 12.4 Å². The standard InChI is InChI=1S/C22H25N3O3S/c1-14(28-18-12-8-16(9-13-18)22(2,3)4)19(26)23-21-25-24-20(29-21)15-6-10-17(27-5)11-7-15/h6-14H,1-5H3,(H,23,25,26). The minimum absolute atomic E-state index is 0.0704. The molecule has 0 radical (unpaired) electrons. The Kier molecular flexibility index (Phi) is 6.17. The number of ether oxygens (including phenoxy) is 2. The van der Waals surface area contributed by atoms with E-state index in [9.17, 15) is 4.79 Å². The molecular weight excluding hydrogens is 386 g/mol. The minimum Gasteiger partial charge on any atom is -0.497 e. The van der Waals surface area contributed by atoms with Gasteiger partial charge < -0.3 is 9.47 Å². The van der Waals surface area contributed by atoms with Crippen LogP contribution in [-0.4, -0.2) is 29.3 Å². The third-order valence-corrected chi connectivity index (χ3v) is 5.28. The topological polar surface area (TPSA) is 73.3 Å². The molecule has 1 aromatic heterocycles. The fraction of sp³-hybridized carbons (Fsp3) is 0.318. The molecule has 0 saturated heterocycles. The van der Waals surface area contributed by atoms with Crippen LogP contribution < -0.4 is 14.8 Å². The number of nitrogens with one attached hydrogen (secondary N) is 1. The van der Waals surface area contributed by atoms with Crippen LogP contribution in [0.15, 0.2) is 48.5 Å². The third-order valence-electron chi connectivity index (χ3n) is 4.39. The maximum Gasteiger partial charge on any atom is 0.266 e. The van der Waals surface area contributed by atoms with E-state index < -0.39 is 6.10 Å². The van der Waals surface area contributed by atoms with Crippen molar-refractivity contribution in [2.45, 2.75) is 39.2 Å². The van der Waals surface area contributed by atoms with Crippen LogP contribution in [0.4, 0.5) is 5.13 Å². The zero-order valence-electron chi connectivity index (χ0n) is 17.2. The fourth-order valence-electron chi connectivity index (χ4n) is 2.62. The maximum absolute atomic E-state index is 12.5. The maximum atomic E-state index is 12.5. The smallest absolute Gasteiger partial charge is 0.266 e. The van der Waals surface area contributed by atoms with Crippen molar-refractivity contribution < 1.29 is 14.3 Å². The van der Waals surface area contributed by atoms with Gasteiger partial charge in [0.25, 0.3) is 5.91 Å². The van der Waals surface area contributed by atoms with E-state index in [1.807, 2.05) is 48.5 Å². The Morgan fingerprint density at radius 1 is 1.00 bits per heavy atom. The van der Waals surface area contributed by atoms with E-state index in [0.717, 1.165) is 11.3 Å². The van der Waals surface area contributed by atoms with Gasteiger partial charge in [0.05, 0.1) is 7.11 Å². The summed E-state index contributed by atoms with van der Waals surface area (Å²) in [4.78, 5) is 12.5. The number of benzene rings is 2. The van der Waals surface area contributed by atoms with Crippen molar-refractivity contribution in [3.05, 3.63) is 54.1 Å². The fourth-order valence-corrected chi connectivity index (χ4v) is 3.37. The van der Waals surface area contributed by atoms with Gasteiger partial charge in [-0.25, -0.2) is 0 Å². The van der Waals surface area contributed by atoms with E-state index >= 15 is 0 Å². The van der Waals surface area contributed by atoms with E-state index in [-0.39, 0.29) is 11.3 Å². The van der Waals surface area contributed by atoms with Crippen molar-refractivity contribution in [1.82, 2.24) is 10.2 Å². The molecule has 152 valence electrons. The number of rotatable bonds is 6. The molecule has 0 fully saturated rings. The van der Waals surface area contributed by atoms with Crippen LogP contribution in [0.2, 0.25) is 0 Å². The molecule has 1 heterocycles. The zero-order valence-corrected chi connectivity index (χ0v) is 18.0. The number of anilines is 1. The molecule has 0 spiro atoms. The van der Waals surface area contributed by atoms with Crippen molar-refractivity contribution >= 4 is 22.4 Å². The number of hydrogen-bond acceptors (Lipinski definition) is 6. The van der Waals surface area contributed by atoms with Gasteiger partial charge in [-0.3, -0.25) is 10.1 Å². The van der Waals surface area contributed by atoms with Gasteiger partial charge in [-0.05, 0) is 54.3 Å². The molecule has 0 aliphatic carbocycles. The minimum atomic E-state index is -0.663. The number of methoxy groups -OCH3 is 1. The molecule has 1 atom stereocenters. The normalized spacial score (nSPS) is 12.3. The summed E-state index contributed by atoms with van der Waals surface area (Å²) in [5.41, 5.74) is 2.19. The first-order chi connectivity index (χ1) is 13.8. The average Bonchev–Trinajstić information content (AvgIpc) is 3.16. The molecule has 1 N–H and O–H groups in total. The van der Waals surface area contributed by atoms with Crippen molar-refractivity contribution in [1.29, 1.82) is 0 Å². The highest BCUT2D eigenvalue weighted by Crippen LogP contribution is 2.28. The molecular formula is C22H25N3O3S. The largest absolute Gasteiger partial charge is 0.497 e. The summed E-state index contributed by atoms with van der Waals surface area (Å²) >= 11 is 1.31. The van der Waals surface area contributed by atoms with Gasteiger partial charge in [-0.15, -0.1) is 10.2 Å². The monoisotopic (exact) mass is 411 g/mol. The van der Waals surface area contributed by atoms with Gasteiger partial charge in [0.1, 0.15) is 16.5 Å². The zero-order chi connectivity index (χ0) is 21.0. The predicted octanol–water partition coefficient (Wildman–Crippen LogP) is 4.92. The van der Waals surface area contributed by atoms with Gasteiger partial charge in [0, 0.05) is 5.56 Å². The van der Waals surface area contributed by atoms with Gasteiger partial charge in [-0.2, -0.15) is 0 Å². The van der Waals surface area contributed by atoms with Crippen LogP contribution >= 0.6 is 11.3 Å². The first-order valence-corrected chi connectivity index (χ1v) is 10.1. The quantitative estimate of drug-likeness (QED) is 0.623. The summed E-state index contributed by atoms with van der Waals surface area (Å²) < 4.78 is 10.9. The highest BCUT2D eigenvalue weighted by atomic mass is 32.1. The Bertz CT molecular complexity index is 960. The van der Waals surface area contributed by atoms with E-state index in [1.54, 1.807) is 14.0 Å². The number of carbonyl (C=O) groups is 1. The first-order valence-electron chi connectivity index (χ1n) is 9.32. The molecule has 0 saturated carbocycles. The number of carbonyl (C=O) groups excluding carboxylic acids is 1. The second-order valence-corrected chi connectivity index (χ2v) is 8.64. The summed E-state index contributed by atoms with van der Waals surface area (Å²) in [5, 5.41) is 12.1. The number of aromatic nitrogens is 2. The van der Waals surface area contributed by atoms with Crippen molar-refractivity contribution in [3.63, 3.8) is 0 Å². The number of hydrogen-bond donors (Lipinski definition) is 1. The van der Waals surface area contributed by atoms with Crippen LogP contribution in [0.25, 0.3) is 10.6 Å². The summed E-state index contributed by atoms with van der Waals surface area (Å²) in [6.07, 6.45) is -0.663. The molecule has 3 rings (SSSR count). The van der Waals surface area contributed by atoms with Crippen LogP contribution in [0.3, 0.4) is 0 Å². The predicted molar refractivity (Wildman–Crippen MR) is 116 cm³/mol. The molecule has 0 aliphatic heterocycles. The Morgan fingerprint density at radius 2 is 1.62 bits per heavy atom. The molecule has 0 aliphatic rings. The molecule has 3 aromatic rings. The summed E-state index contributed by atoms with van der Waals surface area (Å²) in [7, 11) is 1.62. The lowest BCUT2D eigenvalue weighted by atomic mass is 9.87. The molecule has 0 bridgehead atoms. The number of amides is 1. The van der Waals surface area contributed by atoms with Crippen LogP contribution in [-0.2, 0) is 10.2 Å². The van der Waals surface area contributed by atoms with Crippen molar-refractivity contribution in [2.24, 2.45) is 0 Å². The lowest BCUT2D eigenvalue weighted by Crippen LogP contribution is -2.30. The second-order valence-electron chi connectivity index (χ2n) is 7.66. The highest BCUT2D eigenvalue weighted by Gasteiger charge is 2.18. The van der Waals surface area contributed by atoms with Crippen LogP contribution in [0.1, 0.15) is 33.3 Å². The third kappa shape index (κ3) is 5.32. The van der Waals surface area contributed by atoms with Gasteiger partial charge in [0.15, 0.2) is 6.10 Å². The SMILES string of the molecule is COc1ccc(-c2nnc(NC(=O)C(C)Oc3ccc(C(C)(C)C)cc3)s2)cc1. The molecule has 1 amide bonds. The Labute approximate surface area is 174 Å². The van der Waals surface area contributed by atoms with E-state index in [1.165, 1.54) is 16.9 Å². The molecule has 1 unspecified atom stereocenters. The van der Waals surface area contributed by atoms with Crippen LogP contribution in [0, 0.1) is 0 Å². The summed E-state index contributed by atoms with van der Waals surface area (Å²) in [5.74, 6) is 1.15. The van der Waals surface area contributed by atoms with Gasteiger partial charge in [-0.1, -0.05) is 44.2 Å². The summed E-state index contributed by atoms with van der Waals surface area (Å²) in [6, 6.07) is 15.3. The Balaban J connectivity index is 1.60. The molecule has 2 aromatic carbocycles. The van der Waals surface area contributed by atoms with E-state index in [2.05, 4.69) is 36.3 Å². The number of nitrogens with zero attached hydrogens (tertiary/aromatic N) is 2. The first kappa shape index (κ1) is 20.8. The van der Waals surface area contributed by atoms with Gasteiger partial charge >= 0.3 is 0 Å². The Morgan fingerprint density at radius 3 is 2.21 bits per heavy atom.